The second-order valence-corrected chi connectivity index (χ2v) is 5.07. The van der Waals surface area contributed by atoms with Crippen LogP contribution in [0, 0.1) is 0 Å². The number of nitrogens with zero attached hydrogens (tertiary/aromatic N) is 3. The zero-order valence-corrected chi connectivity index (χ0v) is 12.2. The van der Waals surface area contributed by atoms with Gasteiger partial charge in [0.2, 0.25) is 0 Å². The summed E-state index contributed by atoms with van der Waals surface area (Å²) in [6, 6.07) is 0.0789. The highest BCUT2D eigenvalue weighted by molar-refractivity contribution is 5.90. The summed E-state index contributed by atoms with van der Waals surface area (Å²) in [7, 11) is 3.09. The van der Waals surface area contributed by atoms with Crippen LogP contribution in [-0.2, 0) is 18.3 Å². The summed E-state index contributed by atoms with van der Waals surface area (Å²) in [6.07, 6.45) is 2.33. The number of nitrogens with one attached hydrogen (secondary N) is 1. The Labute approximate surface area is 122 Å². The number of rotatable bonds is 4. The molecule has 0 aromatic carbocycles. The van der Waals surface area contributed by atoms with Crippen molar-refractivity contribution in [1.29, 1.82) is 0 Å². The van der Waals surface area contributed by atoms with E-state index in [1.807, 2.05) is 0 Å². The van der Waals surface area contributed by atoms with Crippen molar-refractivity contribution in [3.63, 3.8) is 0 Å². The molecule has 8 heteroatoms. The lowest BCUT2D eigenvalue weighted by Gasteiger charge is -2.31. The molecule has 0 bridgehead atoms. The lowest BCUT2D eigenvalue weighted by atomic mass is 10.1. The van der Waals surface area contributed by atoms with Gasteiger partial charge in [0, 0.05) is 32.7 Å². The quantitative estimate of drug-likeness (QED) is 0.783. The van der Waals surface area contributed by atoms with Gasteiger partial charge >= 0.3 is 12.1 Å². The molecule has 0 spiro atoms. The summed E-state index contributed by atoms with van der Waals surface area (Å²) in [5.41, 5.74) is 1.16. The van der Waals surface area contributed by atoms with Gasteiger partial charge in [0.1, 0.15) is 5.56 Å². The van der Waals surface area contributed by atoms with Crippen molar-refractivity contribution >= 4 is 12.1 Å². The van der Waals surface area contributed by atoms with Gasteiger partial charge in [0.15, 0.2) is 0 Å². The van der Waals surface area contributed by atoms with Crippen LogP contribution in [0.25, 0.3) is 0 Å². The van der Waals surface area contributed by atoms with Gasteiger partial charge < -0.3 is 20.1 Å². The highest BCUT2D eigenvalue weighted by Crippen LogP contribution is 2.13. The van der Waals surface area contributed by atoms with Crippen LogP contribution in [0.5, 0.6) is 0 Å². The number of likely N-dealkylation sites (tertiary alicyclic amines) is 1. The van der Waals surface area contributed by atoms with Crippen molar-refractivity contribution in [2.75, 3.05) is 20.2 Å². The summed E-state index contributed by atoms with van der Waals surface area (Å²) in [4.78, 5) is 24.1. The van der Waals surface area contributed by atoms with Crippen molar-refractivity contribution in [3.8, 4) is 0 Å². The van der Waals surface area contributed by atoms with Crippen LogP contribution in [0.3, 0.4) is 0 Å². The zero-order valence-electron chi connectivity index (χ0n) is 12.2. The Hall–Kier alpha value is -2.09. The molecule has 1 amide bonds. The summed E-state index contributed by atoms with van der Waals surface area (Å²) < 4.78 is 6.35. The average molecular weight is 296 g/mol. The minimum absolute atomic E-state index is 0.0789. The largest absolute Gasteiger partial charge is 0.465 e. The first-order valence-electron chi connectivity index (χ1n) is 6.83. The number of methoxy groups -OCH3 is 1. The van der Waals surface area contributed by atoms with Gasteiger partial charge in [0.05, 0.1) is 19.0 Å². The summed E-state index contributed by atoms with van der Waals surface area (Å²) in [6.45, 7) is 1.48. The fourth-order valence-corrected chi connectivity index (χ4v) is 2.51. The van der Waals surface area contributed by atoms with Crippen LogP contribution in [-0.4, -0.2) is 58.1 Å². The highest BCUT2D eigenvalue weighted by atomic mass is 16.5. The molecule has 2 rings (SSSR count). The van der Waals surface area contributed by atoms with E-state index >= 15 is 0 Å². The molecule has 1 saturated heterocycles. The molecule has 0 aliphatic carbocycles. The Bertz CT molecular complexity index is 528. The molecule has 0 saturated carbocycles. The second-order valence-electron chi connectivity index (χ2n) is 5.07. The number of carboxylic acid groups (broad SMARTS) is 1. The number of hydrogen-bond acceptors (Lipinski definition) is 5. The van der Waals surface area contributed by atoms with E-state index < -0.39 is 12.1 Å². The number of piperidine rings is 1. The van der Waals surface area contributed by atoms with Crippen LogP contribution in [0.1, 0.15) is 28.9 Å². The average Bonchev–Trinajstić information content (AvgIpc) is 2.85. The number of carbonyl (C=O) groups excluding carboxylic acids is 1. The molecule has 1 aliphatic heterocycles. The fraction of sp³-hybridized carbons (Fsp3) is 0.615. The Morgan fingerprint density at radius 2 is 2.33 bits per heavy atom. The predicted octanol–water partition coefficient (Wildman–Crippen LogP) is 0.439. The molecule has 8 nitrogen and oxygen atoms in total. The highest BCUT2D eigenvalue weighted by Gasteiger charge is 2.24. The standard InChI is InChI=1S/C13H20N4O4/c1-16-11(10(6-15-16)12(18)21-2)7-14-9-4-3-5-17(8-9)13(19)20/h6,9,14H,3-5,7-8H2,1-2H3,(H,19,20). The third-order valence-corrected chi connectivity index (χ3v) is 3.72. The fourth-order valence-electron chi connectivity index (χ4n) is 2.51. The molecule has 1 aromatic heterocycles. The number of ether oxygens (including phenoxy) is 1. The minimum Gasteiger partial charge on any atom is -0.465 e. The Morgan fingerprint density at radius 3 is 3.00 bits per heavy atom. The molecule has 1 atom stereocenters. The van der Waals surface area contributed by atoms with Crippen LogP contribution >= 0.6 is 0 Å². The summed E-state index contributed by atoms with van der Waals surface area (Å²) >= 11 is 0. The molecule has 1 aliphatic rings. The predicted molar refractivity (Wildman–Crippen MR) is 74.0 cm³/mol. The van der Waals surface area contributed by atoms with Gasteiger partial charge in [-0.15, -0.1) is 0 Å². The van der Waals surface area contributed by atoms with E-state index in [2.05, 4.69) is 10.4 Å². The maximum atomic E-state index is 11.7. The second kappa shape index (κ2) is 6.57. The van der Waals surface area contributed by atoms with E-state index in [4.69, 9.17) is 9.84 Å². The van der Waals surface area contributed by atoms with Crippen molar-refractivity contribution in [1.82, 2.24) is 20.0 Å². The van der Waals surface area contributed by atoms with E-state index in [0.29, 0.717) is 25.2 Å². The summed E-state index contributed by atoms with van der Waals surface area (Å²) in [5, 5.41) is 16.4. The first-order valence-corrected chi connectivity index (χ1v) is 6.83. The maximum absolute atomic E-state index is 11.7. The number of aryl methyl sites for hydroxylation is 1. The summed E-state index contributed by atoms with van der Waals surface area (Å²) in [5.74, 6) is -0.421. The van der Waals surface area contributed by atoms with Gasteiger partial charge in [0.25, 0.3) is 0 Å². The zero-order chi connectivity index (χ0) is 15.4. The number of esters is 1. The smallest absolute Gasteiger partial charge is 0.407 e. The molecule has 2 heterocycles. The van der Waals surface area contributed by atoms with E-state index in [9.17, 15) is 9.59 Å². The van der Waals surface area contributed by atoms with E-state index in [-0.39, 0.29) is 6.04 Å². The normalized spacial score (nSPS) is 18.6. The van der Waals surface area contributed by atoms with Crippen LogP contribution in [0.4, 0.5) is 4.79 Å². The number of aromatic nitrogens is 2. The maximum Gasteiger partial charge on any atom is 0.407 e. The SMILES string of the molecule is COC(=O)c1cnn(C)c1CNC1CCCN(C(=O)O)C1. The number of carbonyl (C=O) groups is 2. The van der Waals surface area contributed by atoms with Crippen molar-refractivity contribution < 1.29 is 19.4 Å². The first-order chi connectivity index (χ1) is 10.0. The molecular formula is C13H20N4O4. The van der Waals surface area contributed by atoms with Gasteiger partial charge in [-0.2, -0.15) is 5.10 Å². The van der Waals surface area contributed by atoms with Crippen LogP contribution in [0.2, 0.25) is 0 Å². The van der Waals surface area contributed by atoms with Crippen molar-refractivity contribution in [2.45, 2.75) is 25.4 Å². The molecule has 21 heavy (non-hydrogen) atoms. The molecule has 116 valence electrons. The molecule has 2 N–H and O–H groups in total. The van der Waals surface area contributed by atoms with Gasteiger partial charge in [-0.25, -0.2) is 9.59 Å². The van der Waals surface area contributed by atoms with Gasteiger partial charge in [-0.3, -0.25) is 4.68 Å². The van der Waals surface area contributed by atoms with Crippen molar-refractivity contribution in [3.05, 3.63) is 17.5 Å². The third-order valence-electron chi connectivity index (χ3n) is 3.72. The van der Waals surface area contributed by atoms with Crippen LogP contribution in [0.15, 0.2) is 6.20 Å². The molecule has 1 unspecified atom stereocenters. The topological polar surface area (TPSA) is 96.7 Å². The molecular weight excluding hydrogens is 276 g/mol. The van der Waals surface area contributed by atoms with Gasteiger partial charge in [-0.1, -0.05) is 0 Å². The van der Waals surface area contributed by atoms with Gasteiger partial charge in [-0.05, 0) is 12.8 Å². The lowest BCUT2D eigenvalue weighted by Crippen LogP contribution is -2.47. The lowest BCUT2D eigenvalue weighted by molar-refractivity contribution is 0.0599. The Balaban J connectivity index is 1.98. The first kappa shape index (κ1) is 15.3. The van der Waals surface area contributed by atoms with Crippen LogP contribution < -0.4 is 5.32 Å². The molecule has 1 aromatic rings. The monoisotopic (exact) mass is 296 g/mol. The van der Waals surface area contributed by atoms with E-state index in [1.54, 1.807) is 11.7 Å². The van der Waals surface area contributed by atoms with E-state index in [1.165, 1.54) is 18.2 Å². The van der Waals surface area contributed by atoms with E-state index in [0.717, 1.165) is 18.5 Å². The number of hydrogen-bond donors (Lipinski definition) is 2. The number of amides is 1. The Kier molecular flexibility index (Phi) is 4.79. The molecule has 0 radical (unpaired) electrons. The molecule has 1 fully saturated rings. The minimum atomic E-state index is -0.891. The van der Waals surface area contributed by atoms with Crippen molar-refractivity contribution in [2.24, 2.45) is 7.05 Å². The third kappa shape index (κ3) is 3.52. The Morgan fingerprint density at radius 1 is 1.57 bits per heavy atom.